The van der Waals surface area contributed by atoms with E-state index in [-0.39, 0.29) is 17.9 Å². The number of ether oxygens (including phenoxy) is 1. The fourth-order valence-electron chi connectivity index (χ4n) is 3.79. The molecule has 0 unspecified atom stereocenters. The summed E-state index contributed by atoms with van der Waals surface area (Å²) in [6.07, 6.45) is 1.54. The van der Waals surface area contributed by atoms with E-state index < -0.39 is 0 Å². The van der Waals surface area contributed by atoms with Gasteiger partial charge in [-0.25, -0.2) is 9.97 Å². The van der Waals surface area contributed by atoms with Crippen LogP contribution in [0.4, 0.5) is 5.95 Å². The highest BCUT2D eigenvalue weighted by atomic mass is 16.5. The van der Waals surface area contributed by atoms with Gasteiger partial charge in [-0.2, -0.15) is 0 Å². The van der Waals surface area contributed by atoms with E-state index in [4.69, 9.17) is 10.5 Å². The maximum absolute atomic E-state index is 13.2. The molecule has 2 fully saturated rings. The summed E-state index contributed by atoms with van der Waals surface area (Å²) in [6, 6.07) is 10.2. The molecule has 0 saturated carbocycles. The van der Waals surface area contributed by atoms with Crippen LogP contribution in [-0.4, -0.2) is 70.6 Å². The van der Waals surface area contributed by atoms with E-state index in [0.717, 1.165) is 18.7 Å². The molecule has 7 heteroatoms. The number of nitrogen functional groups attached to an aromatic ring is 1. The van der Waals surface area contributed by atoms with E-state index in [0.29, 0.717) is 37.0 Å². The maximum Gasteiger partial charge on any atom is 0.257 e. The molecule has 2 N–H and O–H groups in total. The van der Waals surface area contributed by atoms with Crippen molar-refractivity contribution < 1.29 is 9.53 Å². The SMILES string of the molecule is C[C@H]1COC[C@H]2CN(C(=O)c3cnc(N)nc3-c3ccccc3)CCN21. The highest BCUT2D eigenvalue weighted by Crippen LogP contribution is 2.25. The van der Waals surface area contributed by atoms with Gasteiger partial charge in [0.05, 0.1) is 30.5 Å². The van der Waals surface area contributed by atoms with Crippen molar-refractivity contribution in [1.82, 2.24) is 19.8 Å². The van der Waals surface area contributed by atoms with Crippen molar-refractivity contribution in [2.24, 2.45) is 0 Å². The number of hydrogen-bond donors (Lipinski definition) is 1. The third-order valence-electron chi connectivity index (χ3n) is 5.14. The predicted molar refractivity (Wildman–Crippen MR) is 98.6 cm³/mol. The molecular formula is C19H23N5O2. The Balaban J connectivity index is 1.61. The van der Waals surface area contributed by atoms with Crippen LogP contribution >= 0.6 is 0 Å². The Labute approximate surface area is 152 Å². The van der Waals surface area contributed by atoms with E-state index >= 15 is 0 Å². The average Bonchev–Trinajstić information content (AvgIpc) is 2.68. The summed E-state index contributed by atoms with van der Waals surface area (Å²) in [5.41, 5.74) is 7.71. The second-order valence-corrected chi connectivity index (χ2v) is 6.89. The number of anilines is 1. The van der Waals surface area contributed by atoms with Crippen LogP contribution in [0.25, 0.3) is 11.3 Å². The zero-order valence-electron chi connectivity index (χ0n) is 14.8. The van der Waals surface area contributed by atoms with E-state index in [1.165, 1.54) is 0 Å². The smallest absolute Gasteiger partial charge is 0.257 e. The number of nitrogens with two attached hydrogens (primary N) is 1. The lowest BCUT2D eigenvalue weighted by Crippen LogP contribution is -2.62. The van der Waals surface area contributed by atoms with Crippen LogP contribution in [0.1, 0.15) is 17.3 Å². The van der Waals surface area contributed by atoms with Crippen molar-refractivity contribution in [1.29, 1.82) is 0 Å². The second-order valence-electron chi connectivity index (χ2n) is 6.89. The molecule has 2 aliphatic heterocycles. The highest BCUT2D eigenvalue weighted by Gasteiger charge is 2.36. The number of rotatable bonds is 2. The molecule has 1 aromatic heterocycles. The standard InChI is InChI=1S/C19H23N5O2/c1-13-11-26-12-15-10-23(7-8-24(13)15)18(25)16-9-21-19(20)22-17(16)14-5-3-2-4-6-14/h2-6,9,13,15H,7-8,10-12H2,1H3,(H2,20,21,22)/t13-,15+/m0/s1. The van der Waals surface area contributed by atoms with Gasteiger partial charge in [0.2, 0.25) is 5.95 Å². The van der Waals surface area contributed by atoms with Gasteiger partial charge < -0.3 is 15.4 Å². The van der Waals surface area contributed by atoms with Crippen LogP contribution in [0, 0.1) is 0 Å². The molecule has 26 heavy (non-hydrogen) atoms. The first-order chi connectivity index (χ1) is 12.6. The Bertz CT molecular complexity index is 798. The number of piperazine rings is 1. The molecule has 2 aromatic rings. The topological polar surface area (TPSA) is 84.6 Å². The van der Waals surface area contributed by atoms with E-state index in [2.05, 4.69) is 21.8 Å². The van der Waals surface area contributed by atoms with Gasteiger partial charge in [0.1, 0.15) is 0 Å². The zero-order chi connectivity index (χ0) is 18.1. The van der Waals surface area contributed by atoms with Crippen LogP contribution in [-0.2, 0) is 4.74 Å². The molecule has 3 heterocycles. The lowest BCUT2D eigenvalue weighted by Gasteiger charge is -2.47. The number of hydrogen-bond acceptors (Lipinski definition) is 6. The maximum atomic E-state index is 13.2. The summed E-state index contributed by atoms with van der Waals surface area (Å²) < 4.78 is 5.67. The highest BCUT2D eigenvalue weighted by molar-refractivity contribution is 5.99. The Hall–Kier alpha value is -2.51. The number of fused-ring (bicyclic) bond motifs is 1. The molecule has 0 aliphatic carbocycles. The molecule has 0 spiro atoms. The molecule has 1 amide bonds. The van der Waals surface area contributed by atoms with Crippen molar-refractivity contribution in [2.45, 2.75) is 19.0 Å². The number of carbonyl (C=O) groups excluding carboxylic acids is 1. The number of carbonyl (C=O) groups is 1. The van der Waals surface area contributed by atoms with Crippen molar-refractivity contribution in [3.05, 3.63) is 42.1 Å². The normalized spacial score (nSPS) is 23.5. The van der Waals surface area contributed by atoms with Crippen LogP contribution in [0.5, 0.6) is 0 Å². The molecule has 2 aliphatic rings. The lowest BCUT2D eigenvalue weighted by molar-refractivity contribution is -0.0699. The van der Waals surface area contributed by atoms with Gasteiger partial charge in [-0.15, -0.1) is 0 Å². The van der Waals surface area contributed by atoms with Crippen LogP contribution in [0.15, 0.2) is 36.5 Å². The summed E-state index contributed by atoms with van der Waals surface area (Å²) in [7, 11) is 0. The number of amides is 1. The largest absolute Gasteiger partial charge is 0.378 e. The fraction of sp³-hybridized carbons (Fsp3) is 0.421. The predicted octanol–water partition coefficient (Wildman–Crippen LogP) is 1.27. The van der Waals surface area contributed by atoms with Gasteiger partial charge >= 0.3 is 0 Å². The van der Waals surface area contributed by atoms with Crippen molar-refractivity contribution in [3.8, 4) is 11.3 Å². The summed E-state index contributed by atoms with van der Waals surface area (Å²) in [5.74, 6) is 0.112. The Morgan fingerprint density at radius 3 is 2.85 bits per heavy atom. The number of morpholine rings is 1. The Morgan fingerprint density at radius 2 is 2.04 bits per heavy atom. The fourth-order valence-corrected chi connectivity index (χ4v) is 3.79. The minimum absolute atomic E-state index is 0.0540. The van der Waals surface area contributed by atoms with Crippen LogP contribution < -0.4 is 5.73 Å². The summed E-state index contributed by atoms with van der Waals surface area (Å²) in [4.78, 5) is 25.9. The first kappa shape index (κ1) is 16.9. The lowest BCUT2D eigenvalue weighted by atomic mass is 10.0. The quantitative estimate of drug-likeness (QED) is 0.875. The van der Waals surface area contributed by atoms with Crippen molar-refractivity contribution in [3.63, 3.8) is 0 Å². The van der Waals surface area contributed by atoms with E-state index in [9.17, 15) is 4.79 Å². The van der Waals surface area contributed by atoms with Gasteiger partial charge in [-0.1, -0.05) is 30.3 Å². The molecule has 0 radical (unpaired) electrons. The third-order valence-corrected chi connectivity index (χ3v) is 5.14. The summed E-state index contributed by atoms with van der Waals surface area (Å²) in [5, 5.41) is 0. The zero-order valence-corrected chi connectivity index (χ0v) is 14.8. The Morgan fingerprint density at radius 1 is 1.23 bits per heavy atom. The average molecular weight is 353 g/mol. The van der Waals surface area contributed by atoms with Gasteiger partial charge in [-0.05, 0) is 6.92 Å². The third kappa shape index (κ3) is 3.15. The van der Waals surface area contributed by atoms with Crippen molar-refractivity contribution >= 4 is 11.9 Å². The minimum atomic E-state index is -0.0540. The molecule has 2 atom stereocenters. The van der Waals surface area contributed by atoms with Gasteiger partial charge in [-0.3, -0.25) is 9.69 Å². The Kier molecular flexibility index (Phi) is 4.57. The molecule has 1 aromatic carbocycles. The number of benzene rings is 1. The second kappa shape index (κ2) is 7.01. The number of aromatic nitrogens is 2. The monoisotopic (exact) mass is 353 g/mol. The summed E-state index contributed by atoms with van der Waals surface area (Å²) >= 11 is 0. The summed E-state index contributed by atoms with van der Waals surface area (Å²) in [6.45, 7) is 5.80. The molecule has 2 saturated heterocycles. The minimum Gasteiger partial charge on any atom is -0.378 e. The van der Waals surface area contributed by atoms with Crippen LogP contribution in [0.2, 0.25) is 0 Å². The molecule has 0 bridgehead atoms. The van der Waals surface area contributed by atoms with E-state index in [1.54, 1.807) is 6.20 Å². The van der Waals surface area contributed by atoms with Crippen LogP contribution in [0.3, 0.4) is 0 Å². The first-order valence-electron chi connectivity index (χ1n) is 8.94. The number of nitrogens with zero attached hydrogens (tertiary/aromatic N) is 4. The van der Waals surface area contributed by atoms with Crippen molar-refractivity contribution in [2.75, 3.05) is 38.6 Å². The molecule has 4 rings (SSSR count). The molecule has 7 nitrogen and oxygen atoms in total. The van der Waals surface area contributed by atoms with E-state index in [1.807, 2.05) is 35.2 Å². The molecular weight excluding hydrogens is 330 g/mol. The van der Waals surface area contributed by atoms with Gasteiger partial charge in [0.25, 0.3) is 5.91 Å². The van der Waals surface area contributed by atoms with Gasteiger partial charge in [0, 0.05) is 37.4 Å². The molecule has 136 valence electrons. The van der Waals surface area contributed by atoms with Gasteiger partial charge in [0.15, 0.2) is 0 Å². The first-order valence-corrected chi connectivity index (χ1v) is 8.94.